The number of aliphatic hydroxyl groups excluding tert-OH is 1. The maximum atomic E-state index is 13.7. The summed E-state index contributed by atoms with van der Waals surface area (Å²) in [4.78, 5) is 62.6. The van der Waals surface area contributed by atoms with Crippen molar-refractivity contribution in [1.29, 1.82) is 0 Å². The Bertz CT molecular complexity index is 1270. The molecule has 2 aromatic carbocycles. The fraction of sp³-hybridized carbons (Fsp3) is 0.500. The Labute approximate surface area is 246 Å². The highest BCUT2D eigenvalue weighted by Crippen LogP contribution is 2.27. The molecule has 0 aromatic heterocycles. The molecule has 4 atom stereocenters. The number of benzene rings is 2. The summed E-state index contributed by atoms with van der Waals surface area (Å²) in [6.45, 7) is 1.15. The van der Waals surface area contributed by atoms with Gasteiger partial charge in [-0.1, -0.05) is 75.1 Å². The minimum Gasteiger partial charge on any atom is -0.480 e. The van der Waals surface area contributed by atoms with Gasteiger partial charge in [-0.05, 0) is 41.5 Å². The molecule has 4 amide bonds. The quantitative estimate of drug-likeness (QED) is 0.181. The van der Waals surface area contributed by atoms with Crippen LogP contribution in [-0.4, -0.2) is 78.3 Å². The Kier molecular flexibility index (Phi) is 12.3. The Hall–Kier alpha value is -3.93. The summed E-state index contributed by atoms with van der Waals surface area (Å²) in [6.07, 6.45) is 3.74. The molecule has 2 aromatic rings. The first kappa shape index (κ1) is 32.6. The normalized spacial score (nSPS) is 16.4. The van der Waals surface area contributed by atoms with Crippen molar-refractivity contribution < 1.29 is 34.2 Å². The summed E-state index contributed by atoms with van der Waals surface area (Å²) in [6, 6.07) is 10.6. The summed E-state index contributed by atoms with van der Waals surface area (Å²) < 4.78 is 0. The molecule has 6 N–H and O–H groups in total. The van der Waals surface area contributed by atoms with Gasteiger partial charge in [0.25, 0.3) is 5.91 Å². The van der Waals surface area contributed by atoms with E-state index in [4.69, 9.17) is 5.11 Å². The van der Waals surface area contributed by atoms with Gasteiger partial charge in [-0.3, -0.25) is 24.0 Å². The van der Waals surface area contributed by atoms with Crippen LogP contribution in [0.15, 0.2) is 42.5 Å². The smallest absolute Gasteiger partial charge is 0.322 e. The van der Waals surface area contributed by atoms with Crippen LogP contribution in [0.3, 0.4) is 0 Å². The van der Waals surface area contributed by atoms with Gasteiger partial charge in [0, 0.05) is 6.42 Å². The van der Waals surface area contributed by atoms with Crippen molar-refractivity contribution in [3.63, 3.8) is 0 Å². The van der Waals surface area contributed by atoms with Gasteiger partial charge in [0.1, 0.15) is 18.6 Å². The second-order valence-electron chi connectivity index (χ2n) is 11.0. The highest BCUT2D eigenvalue weighted by atomic mass is 16.4. The van der Waals surface area contributed by atoms with E-state index in [1.54, 1.807) is 0 Å². The van der Waals surface area contributed by atoms with Gasteiger partial charge >= 0.3 is 5.97 Å². The van der Waals surface area contributed by atoms with E-state index in [1.165, 1.54) is 7.85 Å². The molecule has 12 heteroatoms. The Morgan fingerprint density at radius 2 is 1.60 bits per heavy atom. The molecule has 2 unspecified atom stereocenters. The lowest BCUT2D eigenvalue weighted by Crippen LogP contribution is -2.59. The second kappa shape index (κ2) is 15.9. The molecule has 0 spiro atoms. The summed E-state index contributed by atoms with van der Waals surface area (Å²) in [5, 5.41) is 32.0. The number of carboxylic acids is 1. The fourth-order valence-corrected chi connectivity index (χ4v) is 5.51. The van der Waals surface area contributed by atoms with Crippen LogP contribution in [0.2, 0.25) is 0 Å². The topological polar surface area (TPSA) is 174 Å². The largest absolute Gasteiger partial charge is 0.480 e. The van der Waals surface area contributed by atoms with E-state index in [2.05, 4.69) is 21.3 Å². The molecule has 3 rings (SSSR count). The third-order valence-corrected chi connectivity index (χ3v) is 7.64. The minimum atomic E-state index is -1.69. The number of amides is 4. The lowest BCUT2D eigenvalue weighted by molar-refractivity contribution is -0.140. The van der Waals surface area contributed by atoms with Gasteiger partial charge in [0.05, 0.1) is 6.04 Å². The first-order valence-corrected chi connectivity index (χ1v) is 14.6. The van der Waals surface area contributed by atoms with Crippen molar-refractivity contribution in [3.05, 3.63) is 48.0 Å². The Morgan fingerprint density at radius 3 is 2.24 bits per heavy atom. The minimum absolute atomic E-state index is 0.0559. The van der Waals surface area contributed by atoms with E-state index in [0.29, 0.717) is 6.42 Å². The molecule has 1 saturated carbocycles. The molecule has 0 heterocycles. The first-order chi connectivity index (χ1) is 20.1. The number of aliphatic carboxylic acids is 1. The molecule has 0 saturated heterocycles. The van der Waals surface area contributed by atoms with Gasteiger partial charge in [0.15, 0.2) is 11.9 Å². The van der Waals surface area contributed by atoms with E-state index < -0.39 is 54.5 Å². The molecule has 226 valence electrons. The number of hydrogen-bond acceptors (Lipinski definition) is 6. The van der Waals surface area contributed by atoms with Crippen LogP contribution >= 0.6 is 0 Å². The third kappa shape index (κ3) is 9.58. The summed E-state index contributed by atoms with van der Waals surface area (Å²) in [5.41, 5.74) is 0.787. The van der Waals surface area contributed by atoms with Crippen molar-refractivity contribution in [2.24, 2.45) is 5.92 Å². The molecule has 11 nitrogen and oxygen atoms in total. The lowest BCUT2D eigenvalue weighted by Gasteiger charge is -2.32. The third-order valence-electron chi connectivity index (χ3n) is 7.64. The maximum absolute atomic E-state index is 13.7. The second-order valence-corrected chi connectivity index (χ2v) is 11.0. The van der Waals surface area contributed by atoms with Crippen molar-refractivity contribution in [2.75, 3.05) is 6.54 Å². The lowest BCUT2D eigenvalue weighted by atomic mass is 9.83. The van der Waals surface area contributed by atoms with Crippen molar-refractivity contribution in [1.82, 2.24) is 21.3 Å². The van der Waals surface area contributed by atoms with Crippen LogP contribution < -0.4 is 21.3 Å². The number of rotatable bonds is 14. The van der Waals surface area contributed by atoms with Gasteiger partial charge in [-0.15, -0.1) is 0 Å². The van der Waals surface area contributed by atoms with Crippen LogP contribution in [0.1, 0.15) is 57.4 Å². The van der Waals surface area contributed by atoms with Gasteiger partial charge < -0.3 is 31.5 Å². The van der Waals surface area contributed by atoms with Gasteiger partial charge in [-0.2, -0.15) is 0 Å². The van der Waals surface area contributed by atoms with Crippen LogP contribution in [0.25, 0.3) is 10.8 Å². The highest BCUT2D eigenvalue weighted by molar-refractivity contribution is 6.57. The monoisotopic (exact) mass is 580 g/mol. The SMILES string of the molecule is BC(=O)N[C@H](C(=O)N[C@@H](Cc1ccc2ccccc2c1)C(=O)NC(CCC)C(O)C(=O)NCC(=O)O)C1CCCCC1. The van der Waals surface area contributed by atoms with Crippen LogP contribution in [0, 0.1) is 5.92 Å². The molecule has 1 fully saturated rings. The average molecular weight is 580 g/mol. The molecule has 0 bridgehead atoms. The first-order valence-electron chi connectivity index (χ1n) is 14.6. The predicted molar refractivity (Wildman–Crippen MR) is 161 cm³/mol. The summed E-state index contributed by atoms with van der Waals surface area (Å²) in [7, 11) is 1.36. The Balaban J connectivity index is 1.86. The summed E-state index contributed by atoms with van der Waals surface area (Å²) in [5.74, 6) is -3.66. The van der Waals surface area contributed by atoms with Crippen LogP contribution in [0.4, 0.5) is 4.79 Å². The highest BCUT2D eigenvalue weighted by Gasteiger charge is 2.34. The van der Waals surface area contributed by atoms with Crippen LogP contribution in [-0.2, 0) is 25.6 Å². The predicted octanol–water partition coefficient (Wildman–Crippen LogP) is 1.01. The number of carboxylic acid groups (broad SMARTS) is 1. The maximum Gasteiger partial charge on any atom is 0.322 e. The molecule has 42 heavy (non-hydrogen) atoms. The zero-order chi connectivity index (χ0) is 30.6. The van der Waals surface area contributed by atoms with E-state index >= 15 is 0 Å². The number of nitrogens with one attached hydrogen (secondary N) is 4. The molecule has 1 aliphatic rings. The van der Waals surface area contributed by atoms with E-state index in [-0.39, 0.29) is 24.6 Å². The van der Waals surface area contributed by atoms with Crippen molar-refractivity contribution >= 4 is 48.1 Å². The van der Waals surface area contributed by atoms with Crippen LogP contribution in [0.5, 0.6) is 0 Å². The molecular formula is C30H41BN4O7. The van der Waals surface area contributed by atoms with E-state index in [0.717, 1.165) is 48.4 Å². The number of hydrogen-bond donors (Lipinski definition) is 6. The van der Waals surface area contributed by atoms with Crippen molar-refractivity contribution in [2.45, 2.75) is 82.5 Å². The van der Waals surface area contributed by atoms with Crippen molar-refractivity contribution in [3.8, 4) is 0 Å². The number of carbonyl (C=O) groups is 5. The zero-order valence-electron chi connectivity index (χ0n) is 24.2. The standard InChI is InChI=1S/C30H41BN4O7/c1-2-8-22(26(38)29(41)32-17-24(36)37)33-27(39)23(16-18-13-14-19-9-6-7-12-21(19)15-18)34-28(40)25(35-30(31)42)20-10-4-3-5-11-20/h6-7,9,12-15,20,22-23,25-26,38H,2-5,8,10-11,16-17,31H2,1H3,(H,32,41)(H,33,39)(H,34,40)(H,35,42)(H,36,37)/t22?,23-,25-,26?/m0/s1. The zero-order valence-corrected chi connectivity index (χ0v) is 24.2. The summed E-state index contributed by atoms with van der Waals surface area (Å²) >= 11 is 0. The average Bonchev–Trinajstić information content (AvgIpc) is 2.97. The number of fused-ring (bicyclic) bond motifs is 1. The fourth-order valence-electron chi connectivity index (χ4n) is 5.51. The molecular weight excluding hydrogens is 539 g/mol. The van der Waals surface area contributed by atoms with Gasteiger partial charge in [-0.25, -0.2) is 0 Å². The number of aliphatic hydroxyl groups is 1. The van der Waals surface area contributed by atoms with E-state index in [9.17, 15) is 29.1 Å². The number of carbonyl (C=O) groups excluding carboxylic acids is 4. The van der Waals surface area contributed by atoms with E-state index in [1.807, 2.05) is 49.4 Å². The van der Waals surface area contributed by atoms with Gasteiger partial charge in [0.2, 0.25) is 19.7 Å². The molecule has 1 aliphatic carbocycles. The molecule has 0 radical (unpaired) electrons. The Morgan fingerprint density at radius 1 is 0.905 bits per heavy atom. The molecule has 0 aliphatic heterocycles.